The van der Waals surface area contributed by atoms with E-state index in [1.807, 2.05) is 0 Å². The van der Waals surface area contributed by atoms with E-state index in [-0.39, 0.29) is 29.7 Å². The van der Waals surface area contributed by atoms with Crippen molar-refractivity contribution >= 4 is 11.7 Å². The average molecular weight is 345 g/mol. The number of halogens is 1. The molecule has 25 heavy (non-hydrogen) atoms. The van der Waals surface area contributed by atoms with E-state index in [9.17, 15) is 19.3 Å². The Hall–Kier alpha value is -3.49. The van der Waals surface area contributed by atoms with Crippen molar-refractivity contribution in [3.8, 4) is 11.3 Å². The third-order valence-electron chi connectivity index (χ3n) is 3.42. The van der Waals surface area contributed by atoms with Crippen LogP contribution in [0.25, 0.3) is 11.3 Å². The number of carbonyl (C=O) groups excluding carboxylic acids is 1. The zero-order chi connectivity index (χ0) is 18.0. The monoisotopic (exact) mass is 345 g/mol. The number of nitro groups is 1. The molecule has 0 radical (unpaired) electrons. The maximum Gasteiger partial charge on any atom is 0.355 e. The van der Waals surface area contributed by atoms with Crippen molar-refractivity contribution in [2.45, 2.75) is 6.61 Å². The molecule has 0 saturated carbocycles. The quantitative estimate of drug-likeness (QED) is 0.400. The zero-order valence-corrected chi connectivity index (χ0v) is 13.0. The largest absolute Gasteiger partial charge is 0.451 e. The third kappa shape index (κ3) is 3.55. The van der Waals surface area contributed by atoms with E-state index in [1.165, 1.54) is 48.3 Å². The maximum absolute atomic E-state index is 12.9. The Bertz CT molecular complexity index is 930. The van der Waals surface area contributed by atoms with Gasteiger partial charge in [-0.2, -0.15) is 0 Å². The maximum atomic E-state index is 12.9. The van der Waals surface area contributed by atoms with E-state index in [0.717, 1.165) is 6.07 Å². The molecule has 0 amide bonds. The van der Waals surface area contributed by atoms with Crippen LogP contribution in [-0.4, -0.2) is 20.4 Å². The molecule has 0 unspecified atom stereocenters. The van der Waals surface area contributed by atoms with Gasteiger partial charge in [0.15, 0.2) is 12.4 Å². The van der Waals surface area contributed by atoms with Crippen LogP contribution in [0.5, 0.6) is 0 Å². The first kappa shape index (κ1) is 16.4. The lowest BCUT2D eigenvalue weighted by Crippen LogP contribution is -2.09. The van der Waals surface area contributed by atoms with Crippen molar-refractivity contribution in [1.29, 1.82) is 0 Å². The van der Waals surface area contributed by atoms with Crippen molar-refractivity contribution in [2.24, 2.45) is 7.05 Å². The lowest BCUT2D eigenvalue weighted by Gasteiger charge is -2.02. The Morgan fingerprint density at radius 1 is 1.40 bits per heavy atom. The molecule has 9 heteroatoms. The Morgan fingerprint density at radius 3 is 2.76 bits per heavy atom. The molecular weight excluding hydrogens is 333 g/mol. The minimum absolute atomic E-state index is 0.0389. The van der Waals surface area contributed by atoms with E-state index in [0.29, 0.717) is 11.3 Å². The second-order valence-electron chi connectivity index (χ2n) is 5.15. The number of rotatable bonds is 5. The normalized spacial score (nSPS) is 10.6. The van der Waals surface area contributed by atoms with Gasteiger partial charge in [-0.05, 0) is 24.3 Å². The molecule has 0 saturated heterocycles. The summed E-state index contributed by atoms with van der Waals surface area (Å²) in [5, 5.41) is 10.7. The molecule has 0 aliphatic heterocycles. The van der Waals surface area contributed by atoms with Crippen LogP contribution in [0.15, 0.2) is 47.1 Å². The Morgan fingerprint density at radius 2 is 2.12 bits per heavy atom. The van der Waals surface area contributed by atoms with E-state index in [2.05, 4.69) is 4.98 Å². The summed E-state index contributed by atoms with van der Waals surface area (Å²) in [4.78, 5) is 26.1. The summed E-state index contributed by atoms with van der Waals surface area (Å²) in [7, 11) is 1.50. The van der Waals surface area contributed by atoms with Gasteiger partial charge in [0.25, 0.3) is 5.69 Å². The Balaban J connectivity index is 1.67. The van der Waals surface area contributed by atoms with E-state index < -0.39 is 10.9 Å². The van der Waals surface area contributed by atoms with Gasteiger partial charge in [-0.15, -0.1) is 0 Å². The van der Waals surface area contributed by atoms with Crippen molar-refractivity contribution in [2.75, 3.05) is 0 Å². The number of carbonyl (C=O) groups is 1. The fraction of sp³-hybridized carbons (Fsp3) is 0.125. The summed E-state index contributed by atoms with van der Waals surface area (Å²) in [6, 6.07) is 6.78. The smallest absolute Gasteiger partial charge is 0.355 e. The molecular formula is C16H12FN3O5. The van der Waals surface area contributed by atoms with E-state index >= 15 is 0 Å². The number of ether oxygens (including phenoxy) is 1. The summed E-state index contributed by atoms with van der Waals surface area (Å²) in [6.07, 6.45) is 2.65. The molecule has 8 nitrogen and oxygen atoms in total. The number of aromatic nitrogens is 2. The fourth-order valence-corrected chi connectivity index (χ4v) is 2.18. The van der Waals surface area contributed by atoms with E-state index in [4.69, 9.17) is 9.15 Å². The van der Waals surface area contributed by atoms with Gasteiger partial charge in [0, 0.05) is 18.7 Å². The number of benzene rings is 1. The third-order valence-corrected chi connectivity index (χ3v) is 3.42. The minimum atomic E-state index is -0.739. The molecule has 0 N–H and O–H groups in total. The predicted molar refractivity (Wildman–Crippen MR) is 83.1 cm³/mol. The minimum Gasteiger partial charge on any atom is -0.451 e. The van der Waals surface area contributed by atoms with Gasteiger partial charge in [-0.1, -0.05) is 0 Å². The first-order valence-corrected chi connectivity index (χ1v) is 7.12. The molecule has 2 aromatic heterocycles. The highest BCUT2D eigenvalue weighted by atomic mass is 19.1. The second kappa shape index (κ2) is 6.56. The summed E-state index contributed by atoms with van der Waals surface area (Å²) in [5.74, 6) is -0.553. The highest BCUT2D eigenvalue weighted by molar-refractivity contribution is 5.88. The molecule has 2 heterocycles. The van der Waals surface area contributed by atoms with Gasteiger partial charge < -0.3 is 13.7 Å². The average Bonchev–Trinajstić information content (AvgIpc) is 3.20. The Kier molecular flexibility index (Phi) is 4.29. The van der Waals surface area contributed by atoms with Crippen LogP contribution in [0, 0.1) is 15.9 Å². The lowest BCUT2D eigenvalue weighted by molar-refractivity contribution is -0.384. The molecule has 0 fully saturated rings. The van der Waals surface area contributed by atoms with Gasteiger partial charge >= 0.3 is 5.97 Å². The second-order valence-corrected chi connectivity index (χ2v) is 5.15. The van der Waals surface area contributed by atoms with Gasteiger partial charge in [-0.25, -0.2) is 14.2 Å². The summed E-state index contributed by atoms with van der Waals surface area (Å²) in [5.41, 5.74) is 0.464. The molecule has 0 aliphatic rings. The van der Waals surface area contributed by atoms with Crippen molar-refractivity contribution in [3.63, 3.8) is 0 Å². The van der Waals surface area contributed by atoms with Crippen LogP contribution >= 0.6 is 0 Å². The van der Waals surface area contributed by atoms with Crippen molar-refractivity contribution < 1.29 is 23.3 Å². The fourth-order valence-electron chi connectivity index (χ4n) is 2.18. The summed E-state index contributed by atoms with van der Waals surface area (Å²) < 4.78 is 24.7. The standard InChI is InChI=1S/C16H12FN3O5/c1-19-8-12(20(22)23)6-13(19)16(21)24-9-15-18-7-14(25-15)10-2-4-11(17)5-3-10/h2-8H,9H2,1H3. The highest BCUT2D eigenvalue weighted by Gasteiger charge is 2.19. The molecule has 0 atom stereocenters. The Labute approximate surface area is 140 Å². The molecule has 1 aromatic carbocycles. The number of aryl methyl sites for hydroxylation is 1. The van der Waals surface area contributed by atoms with Crippen LogP contribution < -0.4 is 0 Å². The number of nitrogens with zero attached hydrogens (tertiary/aromatic N) is 3. The first-order chi connectivity index (χ1) is 11.9. The van der Waals surface area contributed by atoms with Crippen LogP contribution in [0.2, 0.25) is 0 Å². The predicted octanol–water partition coefficient (Wildman–Crippen LogP) is 3.08. The molecule has 128 valence electrons. The van der Waals surface area contributed by atoms with Gasteiger partial charge in [0.1, 0.15) is 11.5 Å². The van der Waals surface area contributed by atoms with Crippen LogP contribution in [0.3, 0.4) is 0 Å². The lowest BCUT2D eigenvalue weighted by atomic mass is 10.2. The van der Waals surface area contributed by atoms with Crippen LogP contribution in [0.4, 0.5) is 10.1 Å². The summed E-state index contributed by atoms with van der Waals surface area (Å²) >= 11 is 0. The zero-order valence-electron chi connectivity index (χ0n) is 13.0. The van der Waals surface area contributed by atoms with Gasteiger partial charge in [0.05, 0.1) is 17.3 Å². The van der Waals surface area contributed by atoms with Gasteiger partial charge in [0.2, 0.25) is 5.89 Å². The molecule has 3 rings (SSSR count). The SMILES string of the molecule is Cn1cc([N+](=O)[O-])cc1C(=O)OCc1ncc(-c2ccc(F)cc2)o1. The highest BCUT2D eigenvalue weighted by Crippen LogP contribution is 2.21. The van der Waals surface area contributed by atoms with Crippen LogP contribution in [-0.2, 0) is 18.4 Å². The number of esters is 1. The number of hydrogen-bond donors (Lipinski definition) is 0. The van der Waals surface area contributed by atoms with Crippen molar-refractivity contribution in [1.82, 2.24) is 9.55 Å². The molecule has 0 aliphatic carbocycles. The molecule has 3 aromatic rings. The van der Waals surface area contributed by atoms with Crippen molar-refractivity contribution in [3.05, 3.63) is 70.2 Å². The van der Waals surface area contributed by atoms with Gasteiger partial charge in [-0.3, -0.25) is 10.1 Å². The number of hydrogen-bond acceptors (Lipinski definition) is 6. The topological polar surface area (TPSA) is 100 Å². The summed E-state index contributed by atoms with van der Waals surface area (Å²) in [6.45, 7) is -0.237. The number of oxazole rings is 1. The molecule has 0 spiro atoms. The van der Waals surface area contributed by atoms with Crippen LogP contribution in [0.1, 0.15) is 16.4 Å². The first-order valence-electron chi connectivity index (χ1n) is 7.12. The van der Waals surface area contributed by atoms with E-state index in [1.54, 1.807) is 0 Å². The molecule has 0 bridgehead atoms.